The first kappa shape index (κ1) is 19.7. The Hall–Kier alpha value is -2.58. The number of amides is 3. The Morgan fingerprint density at radius 1 is 1.31 bits per heavy atom. The maximum absolute atomic E-state index is 13.0. The lowest BCUT2D eigenvalue weighted by atomic mass is 10.1. The number of nitrogens with zero attached hydrogens (tertiary/aromatic N) is 2. The molecule has 0 unspecified atom stereocenters. The summed E-state index contributed by atoms with van der Waals surface area (Å²) < 4.78 is 5.19. The number of aliphatic carboxylic acids is 1. The molecule has 2 heterocycles. The van der Waals surface area contributed by atoms with Crippen molar-refractivity contribution in [2.24, 2.45) is 0 Å². The number of carbonyl (C=O) groups is 4. The lowest BCUT2D eigenvalue weighted by Crippen LogP contribution is -2.58. The summed E-state index contributed by atoms with van der Waals surface area (Å²) in [7, 11) is 0. The molecule has 1 saturated heterocycles. The third-order valence-electron chi connectivity index (χ3n) is 4.20. The molecule has 0 bridgehead atoms. The summed E-state index contributed by atoms with van der Waals surface area (Å²) in [5, 5.41) is 11.9. The number of ether oxygens (including phenoxy) is 1. The molecule has 2 aliphatic heterocycles. The highest BCUT2D eigenvalue weighted by molar-refractivity contribution is 5.92. The molecule has 0 aliphatic carbocycles. The number of carboxylic acid groups (broad SMARTS) is 1. The van der Waals surface area contributed by atoms with Crippen molar-refractivity contribution < 1.29 is 29.0 Å². The Morgan fingerprint density at radius 3 is 2.50 bits per heavy atom. The average molecular weight is 367 g/mol. The number of alkyl carbamates (subject to hydrolysis) is 1. The SMILES string of the molecule is CC(=O)N1CCC2=CC[C@@H](C(=O)O)N2C(=O)[C@@H](NC(=O)OC(C)(C)C)C1. The Bertz CT molecular complexity index is 651. The third kappa shape index (κ3) is 4.53. The van der Waals surface area contributed by atoms with Gasteiger partial charge in [0.1, 0.15) is 17.7 Å². The Labute approximate surface area is 152 Å². The molecule has 144 valence electrons. The van der Waals surface area contributed by atoms with E-state index in [4.69, 9.17) is 4.74 Å². The second-order valence-electron chi connectivity index (χ2n) is 7.41. The summed E-state index contributed by atoms with van der Waals surface area (Å²) in [4.78, 5) is 51.1. The zero-order valence-electron chi connectivity index (χ0n) is 15.4. The summed E-state index contributed by atoms with van der Waals surface area (Å²) >= 11 is 0. The molecule has 2 atom stereocenters. The molecule has 26 heavy (non-hydrogen) atoms. The summed E-state index contributed by atoms with van der Waals surface area (Å²) in [5.41, 5.74) is -0.193. The van der Waals surface area contributed by atoms with E-state index in [9.17, 15) is 24.3 Å². The molecule has 0 aromatic carbocycles. The monoisotopic (exact) mass is 367 g/mol. The predicted molar refractivity (Wildman–Crippen MR) is 91.0 cm³/mol. The molecular formula is C17H25N3O6. The lowest BCUT2D eigenvalue weighted by Gasteiger charge is -2.36. The van der Waals surface area contributed by atoms with Gasteiger partial charge in [0.25, 0.3) is 5.91 Å². The van der Waals surface area contributed by atoms with Crippen LogP contribution in [0.5, 0.6) is 0 Å². The average Bonchev–Trinajstić information content (AvgIpc) is 2.89. The van der Waals surface area contributed by atoms with Gasteiger partial charge >= 0.3 is 12.1 Å². The second kappa shape index (κ2) is 7.35. The van der Waals surface area contributed by atoms with Gasteiger partial charge in [0, 0.05) is 25.6 Å². The molecule has 0 radical (unpaired) electrons. The fourth-order valence-corrected chi connectivity index (χ4v) is 3.03. The van der Waals surface area contributed by atoms with Gasteiger partial charge in [0.2, 0.25) is 5.91 Å². The first-order valence-corrected chi connectivity index (χ1v) is 8.49. The van der Waals surface area contributed by atoms with E-state index in [-0.39, 0.29) is 18.9 Å². The lowest BCUT2D eigenvalue weighted by molar-refractivity contribution is -0.149. The van der Waals surface area contributed by atoms with Gasteiger partial charge in [0.05, 0.1) is 6.54 Å². The summed E-state index contributed by atoms with van der Waals surface area (Å²) in [6, 6.07) is -2.08. The van der Waals surface area contributed by atoms with Crippen molar-refractivity contribution in [1.29, 1.82) is 0 Å². The maximum atomic E-state index is 13.0. The van der Waals surface area contributed by atoms with Crippen LogP contribution in [0.15, 0.2) is 11.8 Å². The molecular weight excluding hydrogens is 342 g/mol. The smallest absolute Gasteiger partial charge is 0.408 e. The van der Waals surface area contributed by atoms with Crippen LogP contribution in [0.4, 0.5) is 4.79 Å². The minimum atomic E-state index is -1.11. The summed E-state index contributed by atoms with van der Waals surface area (Å²) in [5.74, 6) is -1.89. The molecule has 0 aromatic heterocycles. The van der Waals surface area contributed by atoms with Crippen molar-refractivity contribution in [2.75, 3.05) is 13.1 Å². The van der Waals surface area contributed by atoms with E-state index in [2.05, 4.69) is 5.32 Å². The quantitative estimate of drug-likeness (QED) is 0.742. The largest absolute Gasteiger partial charge is 0.480 e. The molecule has 2 rings (SSSR count). The Morgan fingerprint density at radius 2 is 1.96 bits per heavy atom. The van der Waals surface area contributed by atoms with Gasteiger partial charge in [-0.1, -0.05) is 6.08 Å². The number of carbonyl (C=O) groups excluding carboxylic acids is 3. The Kier molecular flexibility index (Phi) is 5.58. The van der Waals surface area contributed by atoms with Crippen LogP contribution in [0.25, 0.3) is 0 Å². The Balaban J connectivity index is 2.27. The van der Waals surface area contributed by atoms with Crippen molar-refractivity contribution >= 4 is 23.9 Å². The van der Waals surface area contributed by atoms with Crippen molar-refractivity contribution in [3.8, 4) is 0 Å². The van der Waals surface area contributed by atoms with Crippen LogP contribution in [0.3, 0.4) is 0 Å². The first-order chi connectivity index (χ1) is 12.0. The van der Waals surface area contributed by atoms with E-state index >= 15 is 0 Å². The highest BCUT2D eigenvalue weighted by Crippen LogP contribution is 2.28. The van der Waals surface area contributed by atoms with E-state index in [0.29, 0.717) is 18.7 Å². The highest BCUT2D eigenvalue weighted by Gasteiger charge is 2.42. The van der Waals surface area contributed by atoms with Crippen molar-refractivity contribution in [1.82, 2.24) is 15.1 Å². The highest BCUT2D eigenvalue weighted by atomic mass is 16.6. The van der Waals surface area contributed by atoms with Crippen molar-refractivity contribution in [3.05, 3.63) is 11.8 Å². The van der Waals surface area contributed by atoms with Crippen LogP contribution in [0, 0.1) is 0 Å². The van der Waals surface area contributed by atoms with Gasteiger partial charge in [-0.25, -0.2) is 9.59 Å². The van der Waals surface area contributed by atoms with Gasteiger partial charge in [-0.3, -0.25) is 14.5 Å². The molecule has 0 aromatic rings. The van der Waals surface area contributed by atoms with Gasteiger partial charge < -0.3 is 20.1 Å². The maximum Gasteiger partial charge on any atom is 0.408 e. The van der Waals surface area contributed by atoms with Gasteiger partial charge in [0.15, 0.2) is 0 Å². The topological polar surface area (TPSA) is 116 Å². The number of fused-ring (bicyclic) bond motifs is 1. The minimum Gasteiger partial charge on any atom is -0.480 e. The van der Waals surface area contributed by atoms with Gasteiger partial charge in [-0.2, -0.15) is 0 Å². The van der Waals surface area contributed by atoms with Crippen LogP contribution in [-0.4, -0.2) is 69.6 Å². The molecule has 3 amide bonds. The normalized spacial score (nSPS) is 23.5. The van der Waals surface area contributed by atoms with Crippen LogP contribution >= 0.6 is 0 Å². The van der Waals surface area contributed by atoms with E-state index in [0.717, 1.165) is 0 Å². The van der Waals surface area contributed by atoms with E-state index in [1.54, 1.807) is 26.8 Å². The first-order valence-electron chi connectivity index (χ1n) is 8.49. The van der Waals surface area contributed by atoms with Gasteiger partial charge in [-0.15, -0.1) is 0 Å². The van der Waals surface area contributed by atoms with E-state index in [1.165, 1.54) is 16.7 Å². The van der Waals surface area contributed by atoms with Gasteiger partial charge in [-0.05, 0) is 27.2 Å². The van der Waals surface area contributed by atoms with Crippen LogP contribution in [0.1, 0.15) is 40.5 Å². The van der Waals surface area contributed by atoms with Crippen molar-refractivity contribution in [2.45, 2.75) is 58.2 Å². The second-order valence-corrected chi connectivity index (χ2v) is 7.41. The van der Waals surface area contributed by atoms with E-state index < -0.39 is 35.7 Å². The standard InChI is InChI=1S/C17H25N3O6/c1-10(21)19-8-7-11-5-6-13(15(23)24)20(11)14(22)12(9-19)18-16(25)26-17(2,3)4/h5,12-13H,6-9H2,1-4H3,(H,18,25)(H,23,24)/t12-,13-/m0/s1. The molecule has 0 saturated carbocycles. The minimum absolute atomic E-state index is 0.0382. The fourth-order valence-electron chi connectivity index (χ4n) is 3.03. The van der Waals surface area contributed by atoms with Crippen LogP contribution in [0.2, 0.25) is 0 Å². The molecule has 2 aliphatic rings. The third-order valence-corrected chi connectivity index (χ3v) is 4.20. The number of hydrogen-bond donors (Lipinski definition) is 2. The number of rotatable bonds is 2. The zero-order valence-corrected chi connectivity index (χ0v) is 15.4. The van der Waals surface area contributed by atoms with Crippen molar-refractivity contribution in [3.63, 3.8) is 0 Å². The molecule has 9 nitrogen and oxygen atoms in total. The number of nitrogens with one attached hydrogen (secondary N) is 1. The summed E-state index contributed by atoms with van der Waals surface area (Å²) in [6.07, 6.45) is 1.49. The van der Waals surface area contributed by atoms with Crippen LogP contribution < -0.4 is 5.32 Å². The number of hydrogen-bond acceptors (Lipinski definition) is 5. The summed E-state index contributed by atoms with van der Waals surface area (Å²) in [6.45, 7) is 6.76. The van der Waals surface area contributed by atoms with E-state index in [1.807, 2.05) is 0 Å². The molecule has 2 N–H and O–H groups in total. The fraction of sp³-hybridized carbons (Fsp3) is 0.647. The van der Waals surface area contributed by atoms with Crippen LogP contribution in [-0.2, 0) is 19.1 Å². The molecule has 0 spiro atoms. The predicted octanol–water partition coefficient (Wildman–Crippen LogP) is 0.701. The molecule has 1 fully saturated rings. The molecule has 9 heteroatoms. The zero-order chi connectivity index (χ0) is 19.6. The number of carboxylic acids is 1.